The van der Waals surface area contributed by atoms with Gasteiger partial charge < -0.3 is 10.6 Å². The van der Waals surface area contributed by atoms with E-state index in [1.165, 1.54) is 12.7 Å². The highest BCUT2D eigenvalue weighted by molar-refractivity contribution is 7.99. The van der Waals surface area contributed by atoms with Gasteiger partial charge in [0.1, 0.15) is 0 Å². The number of carbonyl (C=O) groups excluding carboxylic acids is 1. The third kappa shape index (κ3) is 9.78. The number of hydrogen-bond donors (Lipinski definition) is 2. The van der Waals surface area contributed by atoms with E-state index in [4.69, 9.17) is 0 Å². The number of nitrogens with one attached hydrogen (secondary N) is 2. The molecule has 2 N–H and O–H groups in total. The van der Waals surface area contributed by atoms with E-state index in [1.54, 1.807) is 0 Å². The minimum absolute atomic E-state index is 0.0414. The third-order valence-electron chi connectivity index (χ3n) is 1.30. The standard InChI is InChI=1S/C8H18N2OS/c1-3-12-7-6-9-4-5-10-8(2)11/h9H,3-7H2,1-2H3,(H,10,11). The van der Waals surface area contributed by atoms with Crippen molar-refractivity contribution in [3.05, 3.63) is 0 Å². The van der Waals surface area contributed by atoms with Crippen LogP contribution in [-0.4, -0.2) is 37.0 Å². The molecule has 4 heteroatoms. The minimum Gasteiger partial charge on any atom is -0.355 e. The lowest BCUT2D eigenvalue weighted by Gasteiger charge is -2.03. The molecule has 0 rings (SSSR count). The van der Waals surface area contributed by atoms with Crippen LogP contribution < -0.4 is 10.6 Å². The number of carbonyl (C=O) groups is 1. The quantitative estimate of drug-likeness (QED) is 0.573. The van der Waals surface area contributed by atoms with Crippen LogP contribution in [0, 0.1) is 0 Å². The highest BCUT2D eigenvalue weighted by atomic mass is 32.2. The molecule has 0 fully saturated rings. The molecule has 0 heterocycles. The molecule has 1 amide bonds. The molecule has 0 aromatic heterocycles. The zero-order valence-electron chi connectivity index (χ0n) is 7.85. The summed E-state index contributed by atoms with van der Waals surface area (Å²) in [5.74, 6) is 2.36. The van der Waals surface area contributed by atoms with E-state index in [0.29, 0.717) is 0 Å². The van der Waals surface area contributed by atoms with Gasteiger partial charge in [0.2, 0.25) is 5.91 Å². The zero-order chi connectivity index (χ0) is 9.23. The average molecular weight is 190 g/mol. The van der Waals surface area contributed by atoms with E-state index >= 15 is 0 Å². The monoisotopic (exact) mass is 190 g/mol. The molecule has 0 saturated heterocycles. The van der Waals surface area contributed by atoms with Gasteiger partial charge in [-0.05, 0) is 5.75 Å². The molecule has 0 unspecified atom stereocenters. The van der Waals surface area contributed by atoms with Crippen molar-refractivity contribution >= 4 is 17.7 Å². The van der Waals surface area contributed by atoms with Crippen LogP contribution in [0.3, 0.4) is 0 Å². The average Bonchev–Trinajstić information content (AvgIpc) is 2.02. The molecule has 0 spiro atoms. The van der Waals surface area contributed by atoms with E-state index in [1.807, 2.05) is 11.8 Å². The molecular formula is C8H18N2OS. The summed E-state index contributed by atoms with van der Waals surface area (Å²) in [5, 5.41) is 5.97. The van der Waals surface area contributed by atoms with Crippen molar-refractivity contribution in [3.63, 3.8) is 0 Å². The van der Waals surface area contributed by atoms with Crippen molar-refractivity contribution in [1.29, 1.82) is 0 Å². The van der Waals surface area contributed by atoms with Crippen LogP contribution >= 0.6 is 11.8 Å². The maximum absolute atomic E-state index is 10.4. The summed E-state index contributed by atoms with van der Waals surface area (Å²) in [6.45, 7) is 6.31. The molecule has 72 valence electrons. The Balaban J connectivity index is 2.86. The predicted octanol–water partition coefficient (Wildman–Crippen LogP) is 0.465. The van der Waals surface area contributed by atoms with E-state index < -0.39 is 0 Å². The fourth-order valence-corrected chi connectivity index (χ4v) is 1.32. The van der Waals surface area contributed by atoms with Crippen LogP contribution in [0.5, 0.6) is 0 Å². The largest absolute Gasteiger partial charge is 0.355 e. The van der Waals surface area contributed by atoms with Crippen LogP contribution in [0.1, 0.15) is 13.8 Å². The smallest absolute Gasteiger partial charge is 0.216 e. The van der Waals surface area contributed by atoms with Gasteiger partial charge in [0.25, 0.3) is 0 Å². The molecule has 0 aromatic rings. The summed E-state index contributed by atoms with van der Waals surface area (Å²) in [6.07, 6.45) is 0. The van der Waals surface area contributed by atoms with E-state index in [2.05, 4.69) is 17.6 Å². The molecule has 0 aliphatic rings. The number of amides is 1. The Morgan fingerprint density at radius 3 is 2.67 bits per heavy atom. The molecule has 12 heavy (non-hydrogen) atoms. The van der Waals surface area contributed by atoms with Gasteiger partial charge >= 0.3 is 0 Å². The zero-order valence-corrected chi connectivity index (χ0v) is 8.67. The SMILES string of the molecule is CCSCCNCCNC(C)=O. The fraction of sp³-hybridized carbons (Fsp3) is 0.875. The van der Waals surface area contributed by atoms with Crippen molar-refractivity contribution in [1.82, 2.24) is 10.6 Å². The molecule has 0 radical (unpaired) electrons. The second-order valence-electron chi connectivity index (χ2n) is 2.43. The van der Waals surface area contributed by atoms with Crippen LogP contribution in [0.15, 0.2) is 0 Å². The van der Waals surface area contributed by atoms with Crippen LogP contribution in [-0.2, 0) is 4.79 Å². The Morgan fingerprint density at radius 1 is 1.33 bits per heavy atom. The second-order valence-corrected chi connectivity index (χ2v) is 3.82. The van der Waals surface area contributed by atoms with Crippen molar-refractivity contribution in [3.8, 4) is 0 Å². The molecule has 0 saturated carbocycles. The van der Waals surface area contributed by atoms with Crippen LogP contribution in [0.4, 0.5) is 0 Å². The highest BCUT2D eigenvalue weighted by Crippen LogP contribution is 1.94. The molecule has 0 aliphatic carbocycles. The number of thioether (sulfide) groups is 1. The van der Waals surface area contributed by atoms with Crippen LogP contribution in [0.2, 0.25) is 0 Å². The van der Waals surface area contributed by atoms with Gasteiger partial charge in [0.15, 0.2) is 0 Å². The first-order valence-corrected chi connectivity index (χ1v) is 5.45. The molecule has 0 aromatic carbocycles. The van der Waals surface area contributed by atoms with Crippen molar-refractivity contribution < 1.29 is 4.79 Å². The third-order valence-corrected chi connectivity index (χ3v) is 2.20. The Morgan fingerprint density at radius 2 is 2.08 bits per heavy atom. The molecule has 0 aliphatic heterocycles. The normalized spacial score (nSPS) is 9.83. The van der Waals surface area contributed by atoms with E-state index in [0.717, 1.165) is 25.4 Å². The first-order valence-electron chi connectivity index (χ1n) is 4.30. The fourth-order valence-electron chi connectivity index (χ4n) is 0.741. The lowest BCUT2D eigenvalue weighted by atomic mass is 10.5. The molecule has 3 nitrogen and oxygen atoms in total. The maximum Gasteiger partial charge on any atom is 0.216 e. The van der Waals surface area contributed by atoms with Gasteiger partial charge in [0.05, 0.1) is 0 Å². The Bertz CT molecular complexity index is 120. The first kappa shape index (κ1) is 11.8. The molecular weight excluding hydrogens is 172 g/mol. The summed E-state index contributed by atoms with van der Waals surface area (Å²) in [7, 11) is 0. The summed E-state index contributed by atoms with van der Waals surface area (Å²) in [6, 6.07) is 0. The number of hydrogen-bond acceptors (Lipinski definition) is 3. The van der Waals surface area contributed by atoms with E-state index in [-0.39, 0.29) is 5.91 Å². The van der Waals surface area contributed by atoms with Crippen molar-refractivity contribution in [2.75, 3.05) is 31.1 Å². The van der Waals surface area contributed by atoms with Gasteiger partial charge in [-0.25, -0.2) is 0 Å². The topological polar surface area (TPSA) is 41.1 Å². The highest BCUT2D eigenvalue weighted by Gasteiger charge is 1.89. The molecule has 0 bridgehead atoms. The van der Waals surface area contributed by atoms with Crippen LogP contribution in [0.25, 0.3) is 0 Å². The first-order chi connectivity index (χ1) is 5.77. The lowest BCUT2D eigenvalue weighted by Crippen LogP contribution is -2.31. The minimum atomic E-state index is 0.0414. The summed E-state index contributed by atoms with van der Waals surface area (Å²) in [5.41, 5.74) is 0. The summed E-state index contributed by atoms with van der Waals surface area (Å²) < 4.78 is 0. The number of rotatable bonds is 7. The molecule has 0 atom stereocenters. The van der Waals surface area contributed by atoms with Gasteiger partial charge in [-0.1, -0.05) is 6.92 Å². The lowest BCUT2D eigenvalue weighted by molar-refractivity contribution is -0.118. The Kier molecular flexibility index (Phi) is 8.71. The van der Waals surface area contributed by atoms with Gasteiger partial charge in [0, 0.05) is 32.3 Å². The van der Waals surface area contributed by atoms with Crippen molar-refractivity contribution in [2.24, 2.45) is 0 Å². The van der Waals surface area contributed by atoms with Gasteiger partial charge in [-0.2, -0.15) is 11.8 Å². The Labute approximate surface area is 78.7 Å². The van der Waals surface area contributed by atoms with Gasteiger partial charge in [-0.3, -0.25) is 4.79 Å². The predicted molar refractivity (Wildman–Crippen MR) is 54.6 cm³/mol. The van der Waals surface area contributed by atoms with Gasteiger partial charge in [-0.15, -0.1) is 0 Å². The van der Waals surface area contributed by atoms with E-state index in [9.17, 15) is 4.79 Å². The summed E-state index contributed by atoms with van der Waals surface area (Å²) in [4.78, 5) is 10.4. The Hall–Kier alpha value is -0.220. The maximum atomic E-state index is 10.4. The van der Waals surface area contributed by atoms with Crippen molar-refractivity contribution in [2.45, 2.75) is 13.8 Å². The summed E-state index contributed by atoms with van der Waals surface area (Å²) >= 11 is 1.92. The second kappa shape index (κ2) is 8.87.